The van der Waals surface area contributed by atoms with Crippen LogP contribution in [0.25, 0.3) is 0 Å². The summed E-state index contributed by atoms with van der Waals surface area (Å²) in [6, 6.07) is 4.27. The van der Waals surface area contributed by atoms with E-state index in [0.29, 0.717) is 5.56 Å². The Labute approximate surface area is 161 Å². The van der Waals surface area contributed by atoms with Gasteiger partial charge in [0.15, 0.2) is 5.69 Å². The largest absolute Gasteiger partial charge is 0.446 e. The molecule has 0 bridgehead atoms. The number of hydrogen-bond acceptors (Lipinski definition) is 6. The second-order valence-corrected chi connectivity index (χ2v) is 5.86. The van der Waals surface area contributed by atoms with Crippen LogP contribution >= 0.6 is 0 Å². The summed E-state index contributed by atoms with van der Waals surface area (Å²) in [4.78, 5) is 40.7. The molecule has 2 aromatic rings. The predicted molar refractivity (Wildman–Crippen MR) is 102 cm³/mol. The van der Waals surface area contributed by atoms with Crippen molar-refractivity contribution in [2.24, 2.45) is 0 Å². The number of nitro groups is 1. The lowest BCUT2D eigenvalue weighted by molar-refractivity contribution is -0.385. The molecule has 2 amide bonds. The molecule has 0 unspecified atom stereocenters. The smallest absolute Gasteiger partial charge is 0.273 e. The Kier molecular flexibility index (Phi) is 6.80. The van der Waals surface area contributed by atoms with E-state index in [1.165, 1.54) is 41.5 Å². The van der Waals surface area contributed by atoms with Gasteiger partial charge in [0.05, 0.1) is 11.5 Å². The Balaban J connectivity index is 2.20. The van der Waals surface area contributed by atoms with E-state index < -0.39 is 16.7 Å². The number of nitro benzene ring substituents is 1. The third-order valence-electron chi connectivity index (χ3n) is 3.81. The summed E-state index contributed by atoms with van der Waals surface area (Å²) in [5.74, 6) is -0.718. The van der Waals surface area contributed by atoms with Crippen molar-refractivity contribution in [1.82, 2.24) is 15.2 Å². The number of carbonyl (C=O) groups is 2. The molecule has 1 aromatic carbocycles. The number of aromatic nitrogens is 1. The van der Waals surface area contributed by atoms with E-state index in [0.717, 1.165) is 0 Å². The maximum Gasteiger partial charge on any atom is 0.273 e. The lowest BCUT2D eigenvalue weighted by Crippen LogP contribution is -2.31. The first-order valence-electron chi connectivity index (χ1n) is 8.36. The van der Waals surface area contributed by atoms with Gasteiger partial charge in [-0.05, 0) is 13.0 Å². The quantitative estimate of drug-likeness (QED) is 0.403. The van der Waals surface area contributed by atoms with Gasteiger partial charge in [-0.15, -0.1) is 13.2 Å². The van der Waals surface area contributed by atoms with E-state index in [9.17, 15) is 19.7 Å². The molecule has 1 heterocycles. The van der Waals surface area contributed by atoms with E-state index in [-0.39, 0.29) is 42.5 Å². The molecule has 9 heteroatoms. The summed E-state index contributed by atoms with van der Waals surface area (Å²) in [5.41, 5.74) is 0.560. The highest BCUT2D eigenvalue weighted by molar-refractivity contribution is 5.95. The van der Waals surface area contributed by atoms with Crippen LogP contribution < -0.4 is 5.32 Å². The molecule has 146 valence electrons. The summed E-state index contributed by atoms with van der Waals surface area (Å²) >= 11 is 0. The molecule has 0 saturated heterocycles. The number of benzene rings is 1. The standard InChI is InChI=1S/C19H20N4O5/c1-4-8-20-18(24)15-12-28-17(21-15)11-22(9-5-2)19(25)14-7-6-13(3)16(10-14)23(26)27/h4-7,10,12H,1-2,8-9,11H2,3H3,(H,20,24). The fourth-order valence-corrected chi connectivity index (χ4v) is 2.40. The minimum Gasteiger partial charge on any atom is -0.446 e. The molecule has 0 saturated carbocycles. The predicted octanol–water partition coefficient (Wildman–Crippen LogP) is 2.64. The first kappa shape index (κ1) is 20.6. The maximum atomic E-state index is 12.8. The highest BCUT2D eigenvalue weighted by Crippen LogP contribution is 2.21. The average Bonchev–Trinajstić information content (AvgIpc) is 3.14. The molecule has 0 fully saturated rings. The van der Waals surface area contributed by atoms with Crippen molar-refractivity contribution in [2.45, 2.75) is 13.5 Å². The van der Waals surface area contributed by atoms with Crippen LogP contribution in [0, 0.1) is 17.0 Å². The Morgan fingerprint density at radius 2 is 2.11 bits per heavy atom. The van der Waals surface area contributed by atoms with Gasteiger partial charge in [-0.2, -0.15) is 0 Å². The molecule has 1 N–H and O–H groups in total. The molecule has 0 atom stereocenters. The lowest BCUT2D eigenvalue weighted by Gasteiger charge is -2.19. The number of hydrogen-bond donors (Lipinski definition) is 1. The Bertz CT molecular complexity index is 919. The Morgan fingerprint density at radius 1 is 1.36 bits per heavy atom. The molecule has 9 nitrogen and oxygen atoms in total. The average molecular weight is 384 g/mol. The summed E-state index contributed by atoms with van der Waals surface area (Å²) in [5, 5.41) is 13.7. The number of rotatable bonds is 9. The summed E-state index contributed by atoms with van der Waals surface area (Å²) in [6.45, 7) is 9.15. The fourth-order valence-electron chi connectivity index (χ4n) is 2.40. The number of oxazole rings is 1. The minimum atomic E-state index is -0.536. The van der Waals surface area contributed by atoms with Crippen LogP contribution in [-0.4, -0.2) is 39.7 Å². The van der Waals surface area contributed by atoms with E-state index in [4.69, 9.17) is 4.42 Å². The molecule has 28 heavy (non-hydrogen) atoms. The van der Waals surface area contributed by atoms with Crippen molar-refractivity contribution >= 4 is 17.5 Å². The molecule has 0 spiro atoms. The lowest BCUT2D eigenvalue weighted by atomic mass is 10.1. The zero-order chi connectivity index (χ0) is 20.7. The van der Waals surface area contributed by atoms with E-state index >= 15 is 0 Å². The van der Waals surface area contributed by atoms with Crippen molar-refractivity contribution in [2.75, 3.05) is 13.1 Å². The third kappa shape index (κ3) is 4.91. The molecular weight excluding hydrogens is 364 g/mol. The van der Waals surface area contributed by atoms with Crippen LogP contribution in [0.5, 0.6) is 0 Å². The van der Waals surface area contributed by atoms with Crippen molar-refractivity contribution in [1.29, 1.82) is 0 Å². The van der Waals surface area contributed by atoms with Gasteiger partial charge in [-0.25, -0.2) is 4.98 Å². The highest BCUT2D eigenvalue weighted by Gasteiger charge is 2.21. The summed E-state index contributed by atoms with van der Waals surface area (Å²) in [6.07, 6.45) is 4.24. The topological polar surface area (TPSA) is 119 Å². The molecular formula is C19H20N4O5. The van der Waals surface area contributed by atoms with Gasteiger partial charge in [0, 0.05) is 30.3 Å². The van der Waals surface area contributed by atoms with Crippen LogP contribution in [0.15, 0.2) is 54.2 Å². The summed E-state index contributed by atoms with van der Waals surface area (Å²) < 4.78 is 5.28. The molecule has 1 aromatic heterocycles. The van der Waals surface area contributed by atoms with Gasteiger partial charge in [0.2, 0.25) is 5.89 Å². The molecule has 0 aliphatic heterocycles. The van der Waals surface area contributed by atoms with Crippen molar-refractivity contribution in [3.63, 3.8) is 0 Å². The van der Waals surface area contributed by atoms with Crippen LogP contribution in [0.1, 0.15) is 32.3 Å². The van der Waals surface area contributed by atoms with Gasteiger partial charge in [0.1, 0.15) is 6.26 Å². The van der Waals surface area contributed by atoms with Crippen LogP contribution in [-0.2, 0) is 6.54 Å². The van der Waals surface area contributed by atoms with Gasteiger partial charge < -0.3 is 14.6 Å². The number of nitrogens with one attached hydrogen (secondary N) is 1. The van der Waals surface area contributed by atoms with Crippen LogP contribution in [0.3, 0.4) is 0 Å². The number of aryl methyl sites for hydroxylation is 1. The first-order valence-corrected chi connectivity index (χ1v) is 8.36. The van der Waals surface area contributed by atoms with Crippen LogP contribution in [0.4, 0.5) is 5.69 Å². The zero-order valence-electron chi connectivity index (χ0n) is 15.4. The van der Waals surface area contributed by atoms with Crippen molar-refractivity contribution < 1.29 is 18.9 Å². The molecule has 0 aliphatic carbocycles. The normalized spacial score (nSPS) is 10.2. The zero-order valence-corrected chi connectivity index (χ0v) is 15.4. The molecule has 0 radical (unpaired) electrons. The number of nitrogens with zero attached hydrogens (tertiary/aromatic N) is 3. The highest BCUT2D eigenvalue weighted by atomic mass is 16.6. The maximum absolute atomic E-state index is 12.8. The number of amides is 2. The second kappa shape index (κ2) is 9.26. The molecule has 2 rings (SSSR count). The van der Waals surface area contributed by atoms with E-state index in [1.807, 2.05) is 0 Å². The van der Waals surface area contributed by atoms with Gasteiger partial charge in [-0.3, -0.25) is 19.7 Å². The van der Waals surface area contributed by atoms with E-state index in [1.54, 1.807) is 6.92 Å². The Hall–Kier alpha value is -3.75. The number of carbonyl (C=O) groups excluding carboxylic acids is 2. The van der Waals surface area contributed by atoms with Gasteiger partial charge in [-0.1, -0.05) is 18.2 Å². The Morgan fingerprint density at radius 3 is 2.75 bits per heavy atom. The monoisotopic (exact) mass is 384 g/mol. The third-order valence-corrected chi connectivity index (χ3v) is 3.81. The first-order chi connectivity index (χ1) is 13.4. The molecule has 0 aliphatic rings. The summed E-state index contributed by atoms with van der Waals surface area (Å²) in [7, 11) is 0. The van der Waals surface area contributed by atoms with Gasteiger partial charge in [0.25, 0.3) is 17.5 Å². The van der Waals surface area contributed by atoms with Crippen LogP contribution in [0.2, 0.25) is 0 Å². The minimum absolute atomic E-state index is 0.0265. The second-order valence-electron chi connectivity index (χ2n) is 5.86. The van der Waals surface area contributed by atoms with Crippen molar-refractivity contribution in [3.8, 4) is 0 Å². The van der Waals surface area contributed by atoms with E-state index in [2.05, 4.69) is 23.5 Å². The van der Waals surface area contributed by atoms with Crippen molar-refractivity contribution in [3.05, 3.63) is 82.6 Å². The SMILES string of the molecule is C=CCNC(=O)c1coc(CN(CC=C)C(=O)c2ccc(C)c([N+](=O)[O-])c2)n1. The fraction of sp³-hybridized carbons (Fsp3) is 0.211. The van der Waals surface area contributed by atoms with Gasteiger partial charge >= 0.3 is 0 Å².